The van der Waals surface area contributed by atoms with Crippen molar-refractivity contribution >= 4 is 34.2 Å². The van der Waals surface area contributed by atoms with Crippen molar-refractivity contribution in [2.45, 2.75) is 13.8 Å². The second-order valence-electron chi connectivity index (χ2n) is 5.20. The number of allylic oxidation sites excluding steroid dienone is 10. The fourth-order valence-electron chi connectivity index (χ4n) is 2.10. The van der Waals surface area contributed by atoms with Gasteiger partial charge in [-0.2, -0.15) is 0 Å². The summed E-state index contributed by atoms with van der Waals surface area (Å²) < 4.78 is 5.78. The van der Waals surface area contributed by atoms with Crippen molar-refractivity contribution < 1.29 is 9.53 Å². The zero-order valence-electron chi connectivity index (χ0n) is 13.3. The Labute approximate surface area is 146 Å². The van der Waals surface area contributed by atoms with E-state index >= 15 is 0 Å². The van der Waals surface area contributed by atoms with Crippen molar-refractivity contribution in [3.8, 4) is 0 Å². The quantitative estimate of drug-likeness (QED) is 0.359. The number of hydrogen-bond acceptors (Lipinski definition) is 4. The molecule has 0 bridgehead atoms. The molecule has 1 unspecified atom stereocenters. The van der Waals surface area contributed by atoms with Gasteiger partial charge in [0.25, 0.3) is 5.91 Å². The highest BCUT2D eigenvalue weighted by Gasteiger charge is 2.22. The maximum absolute atomic E-state index is 11.7. The Hall–Kier alpha value is -1.85. The van der Waals surface area contributed by atoms with E-state index < -0.39 is 0 Å². The smallest absolute Gasteiger partial charge is 0.263 e. The number of methoxy groups -OCH3 is 1. The number of carbonyl (C=O) groups excluding carboxylic acids is 1. The standard InChI is InChI=1S/C18H19NO2S2/c1-12-6-4-7-13(2)14(10-12)8-5-9-15(21-3)11-16-17(20)19-18(22)23-16/h4-12H,1-3H3,(H,19,20,22)/b8-5+,15-9-,16-11+. The van der Waals surface area contributed by atoms with Crippen LogP contribution in [-0.4, -0.2) is 17.3 Å². The Balaban J connectivity index is 2.15. The molecular weight excluding hydrogens is 326 g/mol. The predicted octanol–water partition coefficient (Wildman–Crippen LogP) is 4.18. The molecule has 0 radical (unpaired) electrons. The molecular formula is C18H19NO2S2. The average molecular weight is 345 g/mol. The summed E-state index contributed by atoms with van der Waals surface area (Å²) in [6.45, 7) is 4.23. The van der Waals surface area contributed by atoms with Crippen molar-refractivity contribution in [1.82, 2.24) is 5.32 Å². The van der Waals surface area contributed by atoms with E-state index in [9.17, 15) is 4.79 Å². The lowest BCUT2D eigenvalue weighted by Gasteiger charge is -2.03. The van der Waals surface area contributed by atoms with Gasteiger partial charge in [-0.3, -0.25) is 4.79 Å². The summed E-state index contributed by atoms with van der Waals surface area (Å²) in [4.78, 5) is 12.2. The number of amides is 1. The molecule has 1 fully saturated rings. The second kappa shape index (κ2) is 8.13. The molecule has 1 amide bonds. The summed E-state index contributed by atoms with van der Waals surface area (Å²) in [6, 6.07) is 0. The number of hydrogen-bond donors (Lipinski definition) is 1. The van der Waals surface area contributed by atoms with Gasteiger partial charge in [-0.05, 0) is 36.1 Å². The van der Waals surface area contributed by atoms with Gasteiger partial charge in [0.2, 0.25) is 0 Å². The molecule has 0 aromatic rings. The number of rotatable bonds is 4. The lowest BCUT2D eigenvalue weighted by atomic mass is 10.0. The predicted molar refractivity (Wildman–Crippen MR) is 101 cm³/mol. The van der Waals surface area contributed by atoms with E-state index in [4.69, 9.17) is 17.0 Å². The fourth-order valence-corrected chi connectivity index (χ4v) is 3.12. The topological polar surface area (TPSA) is 38.3 Å². The second-order valence-corrected chi connectivity index (χ2v) is 6.92. The lowest BCUT2D eigenvalue weighted by Crippen LogP contribution is -2.17. The third-order valence-corrected chi connectivity index (χ3v) is 4.51. The SMILES string of the molecule is COC(=C\C=C\C1=CC(C)C=CC=C1C)/C=C1/SC(=S)NC1=O. The summed E-state index contributed by atoms with van der Waals surface area (Å²) in [5.41, 5.74) is 2.39. The van der Waals surface area contributed by atoms with Crippen LogP contribution in [0.5, 0.6) is 0 Å². The van der Waals surface area contributed by atoms with E-state index in [1.165, 1.54) is 22.9 Å². The van der Waals surface area contributed by atoms with Crippen LogP contribution in [0.25, 0.3) is 0 Å². The molecule has 3 nitrogen and oxygen atoms in total. The normalized spacial score (nSPS) is 23.9. The third-order valence-electron chi connectivity index (χ3n) is 3.35. The van der Waals surface area contributed by atoms with Crippen molar-refractivity contribution in [2.75, 3.05) is 7.11 Å². The number of thioether (sulfide) groups is 1. The van der Waals surface area contributed by atoms with Gasteiger partial charge in [0.05, 0.1) is 12.0 Å². The number of nitrogens with one attached hydrogen (secondary N) is 1. The van der Waals surface area contributed by atoms with Crippen LogP contribution < -0.4 is 5.32 Å². The molecule has 5 heteroatoms. The molecule has 0 spiro atoms. The minimum absolute atomic E-state index is 0.183. The highest BCUT2D eigenvalue weighted by atomic mass is 32.2. The first-order valence-electron chi connectivity index (χ1n) is 7.24. The van der Waals surface area contributed by atoms with Crippen LogP contribution in [0.4, 0.5) is 0 Å². The van der Waals surface area contributed by atoms with Gasteiger partial charge < -0.3 is 10.1 Å². The highest BCUT2D eigenvalue weighted by Crippen LogP contribution is 2.25. The van der Waals surface area contributed by atoms with E-state index in [1.54, 1.807) is 13.2 Å². The Kier molecular flexibility index (Phi) is 6.19. The van der Waals surface area contributed by atoms with Crippen LogP contribution >= 0.6 is 24.0 Å². The lowest BCUT2D eigenvalue weighted by molar-refractivity contribution is -0.115. The minimum atomic E-state index is -0.183. The van der Waals surface area contributed by atoms with E-state index in [0.29, 0.717) is 20.9 Å². The first-order chi connectivity index (χ1) is 11.0. The van der Waals surface area contributed by atoms with Crippen LogP contribution in [-0.2, 0) is 9.53 Å². The van der Waals surface area contributed by atoms with Gasteiger partial charge in [-0.1, -0.05) is 67.4 Å². The molecule has 1 saturated heterocycles. The van der Waals surface area contributed by atoms with Crippen LogP contribution in [0, 0.1) is 5.92 Å². The minimum Gasteiger partial charge on any atom is -0.497 e. The number of thiocarbonyl (C=S) groups is 1. The summed E-state index contributed by atoms with van der Waals surface area (Å²) in [5.74, 6) is 0.818. The zero-order valence-corrected chi connectivity index (χ0v) is 15.0. The van der Waals surface area contributed by atoms with Crippen LogP contribution in [0.15, 0.2) is 70.4 Å². The summed E-state index contributed by atoms with van der Waals surface area (Å²) in [5, 5.41) is 2.58. The first-order valence-corrected chi connectivity index (χ1v) is 8.46. The Morgan fingerprint density at radius 3 is 2.91 bits per heavy atom. The Morgan fingerprint density at radius 2 is 2.26 bits per heavy atom. The molecule has 1 aliphatic carbocycles. The van der Waals surface area contributed by atoms with E-state index in [-0.39, 0.29) is 5.91 Å². The monoisotopic (exact) mass is 345 g/mol. The Morgan fingerprint density at radius 1 is 1.48 bits per heavy atom. The zero-order chi connectivity index (χ0) is 16.8. The maximum atomic E-state index is 11.7. The average Bonchev–Trinajstić information content (AvgIpc) is 2.72. The maximum Gasteiger partial charge on any atom is 0.263 e. The van der Waals surface area contributed by atoms with Gasteiger partial charge >= 0.3 is 0 Å². The summed E-state index contributed by atoms with van der Waals surface area (Å²) in [6.07, 6.45) is 16.0. The fraction of sp³-hybridized carbons (Fsp3) is 0.222. The van der Waals surface area contributed by atoms with Gasteiger partial charge in [0.1, 0.15) is 10.1 Å². The van der Waals surface area contributed by atoms with Crippen molar-refractivity contribution in [1.29, 1.82) is 0 Å². The molecule has 1 aliphatic heterocycles. The van der Waals surface area contributed by atoms with Gasteiger partial charge in [0.15, 0.2) is 0 Å². The van der Waals surface area contributed by atoms with Crippen LogP contribution in [0.3, 0.4) is 0 Å². The van der Waals surface area contributed by atoms with Crippen LogP contribution in [0.2, 0.25) is 0 Å². The molecule has 23 heavy (non-hydrogen) atoms. The molecule has 2 rings (SSSR count). The van der Waals surface area contributed by atoms with E-state index in [2.05, 4.69) is 43.5 Å². The number of ether oxygens (including phenoxy) is 1. The molecule has 1 N–H and O–H groups in total. The first kappa shape index (κ1) is 17.5. The van der Waals surface area contributed by atoms with Crippen molar-refractivity contribution in [3.63, 3.8) is 0 Å². The van der Waals surface area contributed by atoms with Crippen LogP contribution in [0.1, 0.15) is 13.8 Å². The van der Waals surface area contributed by atoms with Crippen molar-refractivity contribution in [2.24, 2.45) is 5.92 Å². The molecule has 1 atom stereocenters. The summed E-state index contributed by atoms with van der Waals surface area (Å²) in [7, 11) is 1.58. The van der Waals surface area contributed by atoms with Crippen molar-refractivity contribution in [3.05, 3.63) is 70.4 Å². The number of carbonyl (C=O) groups is 1. The molecule has 120 valence electrons. The van der Waals surface area contributed by atoms with Gasteiger partial charge in [-0.25, -0.2) is 0 Å². The molecule has 0 aromatic carbocycles. The molecule has 1 heterocycles. The Bertz CT molecular complexity index is 694. The van der Waals surface area contributed by atoms with Gasteiger partial charge in [0, 0.05) is 0 Å². The van der Waals surface area contributed by atoms with Gasteiger partial charge in [-0.15, -0.1) is 0 Å². The highest BCUT2D eigenvalue weighted by molar-refractivity contribution is 8.26. The largest absolute Gasteiger partial charge is 0.497 e. The molecule has 2 aliphatic rings. The third kappa shape index (κ3) is 5.08. The molecule has 0 saturated carbocycles. The van der Waals surface area contributed by atoms with E-state index in [0.717, 1.165) is 0 Å². The van der Waals surface area contributed by atoms with E-state index in [1.807, 2.05) is 18.2 Å². The molecule has 0 aromatic heterocycles. The summed E-state index contributed by atoms with van der Waals surface area (Å²) >= 11 is 6.21.